The lowest BCUT2D eigenvalue weighted by molar-refractivity contribution is 0.0529. The van der Waals surface area contributed by atoms with Crippen molar-refractivity contribution in [1.29, 1.82) is 0 Å². The molecule has 0 aliphatic rings. The van der Waals surface area contributed by atoms with Crippen LogP contribution in [0.2, 0.25) is 10.0 Å². The fraction of sp³-hybridized carbons (Fsp3) is 0.364. The van der Waals surface area contributed by atoms with Crippen molar-refractivity contribution < 1.29 is 14.3 Å². The Labute approximate surface area is 181 Å². The van der Waals surface area contributed by atoms with Crippen molar-refractivity contribution in [3.8, 4) is 0 Å². The zero-order valence-corrected chi connectivity index (χ0v) is 18.4. The largest absolute Gasteiger partial charge is 0.444 e. The van der Waals surface area contributed by atoms with E-state index in [2.05, 4.69) is 5.32 Å². The fourth-order valence-electron chi connectivity index (χ4n) is 2.69. The summed E-state index contributed by atoms with van der Waals surface area (Å²) >= 11 is 12.5. The summed E-state index contributed by atoms with van der Waals surface area (Å²) in [5.74, 6) is 0.0360. The Morgan fingerprint density at radius 3 is 2.38 bits per heavy atom. The molecule has 0 atom stereocenters. The SMILES string of the molecule is CC(C)(C)OC(=O)NCCN(CCC(=O)c1ccccc1)c1cc(Cl)ccc1Cl. The standard InChI is InChI=1S/C22H26Cl2N2O3/c1-22(2,3)29-21(28)25-12-14-26(19-15-17(23)9-10-18(19)24)13-11-20(27)16-7-5-4-6-8-16/h4-10,15H,11-14H2,1-3H3,(H,25,28). The zero-order valence-electron chi connectivity index (χ0n) is 16.9. The van der Waals surface area contributed by atoms with Gasteiger partial charge in [0, 0.05) is 36.6 Å². The second kappa shape index (κ2) is 10.5. The van der Waals surface area contributed by atoms with Gasteiger partial charge in [0.1, 0.15) is 5.60 Å². The molecule has 2 aromatic rings. The molecule has 0 fully saturated rings. The van der Waals surface area contributed by atoms with Gasteiger partial charge < -0.3 is 15.0 Å². The van der Waals surface area contributed by atoms with E-state index in [1.54, 1.807) is 51.1 Å². The highest BCUT2D eigenvalue weighted by Crippen LogP contribution is 2.29. The van der Waals surface area contributed by atoms with Crippen LogP contribution in [0.3, 0.4) is 0 Å². The summed E-state index contributed by atoms with van der Waals surface area (Å²) < 4.78 is 5.25. The minimum Gasteiger partial charge on any atom is -0.444 e. The number of ketones is 1. The second-order valence-electron chi connectivity index (χ2n) is 7.55. The molecule has 0 heterocycles. The quantitative estimate of drug-likeness (QED) is 0.547. The van der Waals surface area contributed by atoms with E-state index in [4.69, 9.17) is 27.9 Å². The monoisotopic (exact) mass is 436 g/mol. The first kappa shape index (κ1) is 23.0. The molecular weight excluding hydrogens is 411 g/mol. The minimum absolute atomic E-state index is 0.0360. The molecule has 1 N–H and O–H groups in total. The van der Waals surface area contributed by atoms with Crippen LogP contribution in [0.25, 0.3) is 0 Å². The number of anilines is 1. The lowest BCUT2D eigenvalue weighted by Crippen LogP contribution is -2.38. The van der Waals surface area contributed by atoms with E-state index < -0.39 is 11.7 Å². The Hall–Kier alpha value is -2.24. The predicted octanol–water partition coefficient (Wildman–Crippen LogP) is 5.60. The Morgan fingerprint density at radius 2 is 1.72 bits per heavy atom. The third-order valence-corrected chi connectivity index (χ3v) is 4.56. The van der Waals surface area contributed by atoms with Gasteiger partial charge in [-0.05, 0) is 39.0 Å². The topological polar surface area (TPSA) is 58.6 Å². The lowest BCUT2D eigenvalue weighted by Gasteiger charge is -2.26. The van der Waals surface area contributed by atoms with Gasteiger partial charge in [-0.25, -0.2) is 4.79 Å². The van der Waals surface area contributed by atoms with E-state index >= 15 is 0 Å². The molecule has 5 nitrogen and oxygen atoms in total. The number of ether oxygens (including phenoxy) is 1. The molecule has 1 amide bonds. The van der Waals surface area contributed by atoms with E-state index in [1.807, 2.05) is 23.1 Å². The molecule has 156 valence electrons. The molecule has 0 aliphatic carbocycles. The van der Waals surface area contributed by atoms with Gasteiger partial charge in [0.05, 0.1) is 10.7 Å². The van der Waals surface area contributed by atoms with Crippen molar-refractivity contribution in [3.05, 3.63) is 64.1 Å². The number of hydrogen-bond donors (Lipinski definition) is 1. The van der Waals surface area contributed by atoms with Crippen molar-refractivity contribution in [1.82, 2.24) is 5.32 Å². The number of benzene rings is 2. The van der Waals surface area contributed by atoms with Crippen molar-refractivity contribution in [2.45, 2.75) is 32.8 Å². The van der Waals surface area contributed by atoms with E-state index in [-0.39, 0.29) is 5.78 Å². The molecule has 0 unspecified atom stereocenters. The van der Waals surface area contributed by atoms with Crippen molar-refractivity contribution in [2.75, 3.05) is 24.5 Å². The van der Waals surface area contributed by atoms with Crippen LogP contribution in [-0.2, 0) is 4.74 Å². The molecule has 29 heavy (non-hydrogen) atoms. The summed E-state index contributed by atoms with van der Waals surface area (Å²) in [4.78, 5) is 26.3. The molecule has 0 saturated heterocycles. The molecule has 2 aromatic carbocycles. The Morgan fingerprint density at radius 1 is 1.03 bits per heavy atom. The number of nitrogens with zero attached hydrogens (tertiary/aromatic N) is 1. The van der Waals surface area contributed by atoms with Gasteiger partial charge >= 0.3 is 6.09 Å². The van der Waals surface area contributed by atoms with Crippen molar-refractivity contribution in [3.63, 3.8) is 0 Å². The average molecular weight is 437 g/mol. The number of halogens is 2. The smallest absolute Gasteiger partial charge is 0.407 e. The highest BCUT2D eigenvalue weighted by molar-refractivity contribution is 6.35. The maximum atomic E-state index is 12.5. The van der Waals surface area contributed by atoms with E-state index in [0.717, 1.165) is 0 Å². The third kappa shape index (κ3) is 7.95. The second-order valence-corrected chi connectivity index (χ2v) is 8.39. The summed E-state index contributed by atoms with van der Waals surface area (Å²) in [6.07, 6.45) is -0.186. The highest BCUT2D eigenvalue weighted by Gasteiger charge is 2.17. The van der Waals surface area contributed by atoms with Gasteiger partial charge in [0.15, 0.2) is 5.78 Å². The summed E-state index contributed by atoms with van der Waals surface area (Å²) in [6.45, 7) is 6.63. The van der Waals surface area contributed by atoms with Crippen LogP contribution in [0.5, 0.6) is 0 Å². The Balaban J connectivity index is 2.04. The number of alkyl carbamates (subject to hydrolysis) is 1. The van der Waals surface area contributed by atoms with Gasteiger partial charge in [-0.2, -0.15) is 0 Å². The van der Waals surface area contributed by atoms with Crippen LogP contribution in [0.15, 0.2) is 48.5 Å². The van der Waals surface area contributed by atoms with Crippen molar-refractivity contribution in [2.24, 2.45) is 0 Å². The number of carbonyl (C=O) groups is 2. The number of Topliss-reactive ketones (excluding diaryl/α,β-unsaturated/α-hetero) is 1. The van der Waals surface area contributed by atoms with Crippen LogP contribution >= 0.6 is 23.2 Å². The lowest BCUT2D eigenvalue weighted by atomic mass is 10.1. The summed E-state index contributed by atoms with van der Waals surface area (Å²) in [6, 6.07) is 14.3. The van der Waals surface area contributed by atoms with E-state index in [9.17, 15) is 9.59 Å². The van der Waals surface area contributed by atoms with Gasteiger partial charge in [-0.3, -0.25) is 4.79 Å². The highest BCUT2D eigenvalue weighted by atomic mass is 35.5. The molecule has 0 spiro atoms. The number of carbonyl (C=O) groups excluding carboxylic acids is 2. The van der Waals surface area contributed by atoms with E-state index in [0.29, 0.717) is 47.4 Å². The van der Waals surface area contributed by atoms with Gasteiger partial charge in [0.25, 0.3) is 0 Å². The van der Waals surface area contributed by atoms with Gasteiger partial charge in [-0.1, -0.05) is 53.5 Å². The first-order valence-corrected chi connectivity index (χ1v) is 10.2. The first-order valence-electron chi connectivity index (χ1n) is 9.41. The summed E-state index contributed by atoms with van der Waals surface area (Å²) in [7, 11) is 0. The number of hydrogen-bond acceptors (Lipinski definition) is 4. The van der Waals surface area contributed by atoms with E-state index in [1.165, 1.54) is 0 Å². The maximum Gasteiger partial charge on any atom is 0.407 e. The first-order chi connectivity index (χ1) is 13.7. The van der Waals surface area contributed by atoms with Crippen LogP contribution in [-0.4, -0.2) is 37.1 Å². The maximum absolute atomic E-state index is 12.5. The molecule has 0 aliphatic heterocycles. The average Bonchev–Trinajstić information content (AvgIpc) is 2.65. The van der Waals surface area contributed by atoms with Gasteiger partial charge in [-0.15, -0.1) is 0 Å². The fourth-order valence-corrected chi connectivity index (χ4v) is 3.10. The van der Waals surface area contributed by atoms with Crippen molar-refractivity contribution >= 4 is 40.8 Å². The predicted molar refractivity (Wildman–Crippen MR) is 118 cm³/mol. The molecule has 0 saturated carbocycles. The number of amides is 1. The van der Waals surface area contributed by atoms with Crippen LogP contribution in [0.1, 0.15) is 37.6 Å². The summed E-state index contributed by atoms with van der Waals surface area (Å²) in [5.41, 5.74) is 0.810. The van der Waals surface area contributed by atoms with Crippen LogP contribution < -0.4 is 10.2 Å². The molecular formula is C22H26Cl2N2O3. The molecule has 0 radical (unpaired) electrons. The molecule has 0 bridgehead atoms. The normalized spacial score (nSPS) is 11.1. The number of rotatable bonds is 8. The minimum atomic E-state index is -0.567. The third-order valence-electron chi connectivity index (χ3n) is 4.00. The summed E-state index contributed by atoms with van der Waals surface area (Å²) in [5, 5.41) is 3.80. The van der Waals surface area contributed by atoms with Crippen LogP contribution in [0.4, 0.5) is 10.5 Å². The molecule has 2 rings (SSSR count). The Bertz CT molecular complexity index is 836. The van der Waals surface area contributed by atoms with Crippen LogP contribution in [0, 0.1) is 0 Å². The molecule has 7 heteroatoms. The van der Waals surface area contributed by atoms with Gasteiger partial charge in [0.2, 0.25) is 0 Å². The Kier molecular flexibility index (Phi) is 8.35. The molecule has 0 aromatic heterocycles. The number of nitrogens with one attached hydrogen (secondary N) is 1. The zero-order chi connectivity index (χ0) is 21.4.